The zero-order valence-electron chi connectivity index (χ0n) is 11.3. The first kappa shape index (κ1) is 12.2. The highest BCUT2D eigenvalue weighted by Gasteiger charge is 2.18. The van der Waals surface area contributed by atoms with Gasteiger partial charge in [-0.2, -0.15) is 5.10 Å². The summed E-state index contributed by atoms with van der Waals surface area (Å²) in [5.74, 6) is 0.188. The van der Waals surface area contributed by atoms with Crippen LogP contribution in [0, 0.1) is 6.92 Å². The molecule has 0 spiro atoms. The van der Waals surface area contributed by atoms with Crippen LogP contribution in [-0.2, 0) is 11.3 Å². The average molecular weight is 257 g/mol. The number of fused-ring (bicyclic) bond motifs is 1. The first-order valence-electron chi connectivity index (χ1n) is 6.95. The van der Waals surface area contributed by atoms with Gasteiger partial charge in [0.1, 0.15) is 6.54 Å². The highest BCUT2D eigenvalue weighted by atomic mass is 16.2. The molecule has 0 bridgehead atoms. The van der Waals surface area contributed by atoms with E-state index in [1.54, 1.807) is 0 Å². The number of hydrogen-bond acceptors (Lipinski definition) is 2. The molecule has 1 amide bonds. The van der Waals surface area contributed by atoms with Crippen LogP contribution in [0.2, 0.25) is 0 Å². The molecule has 2 heterocycles. The summed E-state index contributed by atoms with van der Waals surface area (Å²) >= 11 is 0. The molecule has 19 heavy (non-hydrogen) atoms. The third-order valence-electron chi connectivity index (χ3n) is 3.84. The van der Waals surface area contributed by atoms with Gasteiger partial charge >= 0.3 is 0 Å². The zero-order chi connectivity index (χ0) is 13.2. The van der Waals surface area contributed by atoms with Crippen LogP contribution in [0.15, 0.2) is 24.3 Å². The Kier molecular flexibility index (Phi) is 3.23. The van der Waals surface area contributed by atoms with E-state index in [-0.39, 0.29) is 5.91 Å². The predicted molar refractivity (Wildman–Crippen MR) is 74.9 cm³/mol. The van der Waals surface area contributed by atoms with E-state index in [0.29, 0.717) is 6.54 Å². The Morgan fingerprint density at radius 2 is 1.95 bits per heavy atom. The van der Waals surface area contributed by atoms with E-state index in [0.717, 1.165) is 42.5 Å². The van der Waals surface area contributed by atoms with Gasteiger partial charge in [0, 0.05) is 18.5 Å². The number of aryl methyl sites for hydroxylation is 1. The Hall–Kier alpha value is -1.84. The summed E-state index contributed by atoms with van der Waals surface area (Å²) in [6.07, 6.45) is 3.50. The number of carbonyl (C=O) groups is 1. The van der Waals surface area contributed by atoms with Gasteiger partial charge in [-0.3, -0.25) is 9.48 Å². The Morgan fingerprint density at radius 1 is 1.21 bits per heavy atom. The second-order valence-corrected chi connectivity index (χ2v) is 5.20. The minimum atomic E-state index is 0.188. The molecule has 3 rings (SSSR count). The van der Waals surface area contributed by atoms with E-state index in [1.165, 1.54) is 6.42 Å². The highest BCUT2D eigenvalue weighted by Crippen LogP contribution is 2.18. The van der Waals surface area contributed by atoms with Crippen LogP contribution in [0.1, 0.15) is 25.0 Å². The molecule has 4 nitrogen and oxygen atoms in total. The van der Waals surface area contributed by atoms with Crippen molar-refractivity contribution in [2.24, 2.45) is 0 Å². The van der Waals surface area contributed by atoms with Crippen LogP contribution >= 0.6 is 0 Å². The van der Waals surface area contributed by atoms with E-state index in [9.17, 15) is 4.79 Å². The average Bonchev–Trinajstić information content (AvgIpc) is 2.77. The van der Waals surface area contributed by atoms with Crippen molar-refractivity contribution in [2.45, 2.75) is 32.7 Å². The molecule has 1 aliphatic heterocycles. The molecule has 1 saturated heterocycles. The van der Waals surface area contributed by atoms with Crippen LogP contribution in [-0.4, -0.2) is 33.7 Å². The second kappa shape index (κ2) is 5.03. The quantitative estimate of drug-likeness (QED) is 0.828. The lowest BCUT2D eigenvalue weighted by molar-refractivity contribution is -0.132. The van der Waals surface area contributed by atoms with Crippen LogP contribution < -0.4 is 0 Å². The molecule has 0 aliphatic carbocycles. The fourth-order valence-electron chi connectivity index (χ4n) is 2.79. The number of amides is 1. The SMILES string of the molecule is Cc1nn(CC(=O)N2CCCCC2)c2ccccc12. The summed E-state index contributed by atoms with van der Waals surface area (Å²) < 4.78 is 1.83. The summed E-state index contributed by atoms with van der Waals surface area (Å²) in [6.45, 7) is 4.15. The van der Waals surface area contributed by atoms with Crippen molar-refractivity contribution < 1.29 is 4.79 Å². The van der Waals surface area contributed by atoms with Crippen molar-refractivity contribution in [1.29, 1.82) is 0 Å². The van der Waals surface area contributed by atoms with E-state index in [4.69, 9.17) is 0 Å². The minimum Gasteiger partial charge on any atom is -0.341 e. The molecule has 4 heteroatoms. The summed E-state index contributed by atoms with van der Waals surface area (Å²) in [5, 5.41) is 5.63. The molecule has 0 N–H and O–H groups in total. The maximum Gasteiger partial charge on any atom is 0.244 e. The lowest BCUT2D eigenvalue weighted by Crippen LogP contribution is -2.37. The molecule has 2 aromatic rings. The van der Waals surface area contributed by atoms with Gasteiger partial charge in [-0.1, -0.05) is 18.2 Å². The molecule has 100 valence electrons. The van der Waals surface area contributed by atoms with Gasteiger partial charge in [0.25, 0.3) is 0 Å². The van der Waals surface area contributed by atoms with Crippen LogP contribution in [0.25, 0.3) is 10.9 Å². The topological polar surface area (TPSA) is 38.1 Å². The largest absolute Gasteiger partial charge is 0.341 e. The Bertz CT molecular complexity index is 596. The molecule has 1 aromatic carbocycles. The zero-order valence-corrected chi connectivity index (χ0v) is 11.3. The van der Waals surface area contributed by atoms with Crippen LogP contribution in [0.4, 0.5) is 0 Å². The van der Waals surface area contributed by atoms with Crippen molar-refractivity contribution in [1.82, 2.24) is 14.7 Å². The second-order valence-electron chi connectivity index (χ2n) is 5.20. The number of likely N-dealkylation sites (tertiary alicyclic amines) is 1. The maximum atomic E-state index is 12.3. The molecule has 0 radical (unpaired) electrons. The number of benzene rings is 1. The first-order chi connectivity index (χ1) is 9.25. The molecule has 1 aromatic heterocycles. The number of carbonyl (C=O) groups excluding carboxylic acids is 1. The predicted octanol–water partition coefficient (Wildman–Crippen LogP) is 2.36. The normalized spacial score (nSPS) is 15.9. The van der Waals surface area contributed by atoms with Crippen molar-refractivity contribution in [3.8, 4) is 0 Å². The highest BCUT2D eigenvalue weighted by molar-refractivity contribution is 5.84. The van der Waals surface area contributed by atoms with Gasteiger partial charge in [0.2, 0.25) is 5.91 Å². The van der Waals surface area contributed by atoms with Gasteiger partial charge in [-0.25, -0.2) is 0 Å². The van der Waals surface area contributed by atoms with E-state index < -0.39 is 0 Å². The van der Waals surface area contributed by atoms with Gasteiger partial charge in [-0.15, -0.1) is 0 Å². The monoisotopic (exact) mass is 257 g/mol. The fourth-order valence-corrected chi connectivity index (χ4v) is 2.79. The van der Waals surface area contributed by atoms with Crippen molar-refractivity contribution in [3.63, 3.8) is 0 Å². The first-order valence-corrected chi connectivity index (χ1v) is 6.95. The number of piperidine rings is 1. The lowest BCUT2D eigenvalue weighted by Gasteiger charge is -2.26. The molecular weight excluding hydrogens is 238 g/mol. The lowest BCUT2D eigenvalue weighted by atomic mass is 10.1. The van der Waals surface area contributed by atoms with Crippen molar-refractivity contribution in [2.75, 3.05) is 13.1 Å². The third-order valence-corrected chi connectivity index (χ3v) is 3.84. The van der Waals surface area contributed by atoms with Crippen molar-refractivity contribution >= 4 is 16.8 Å². The number of para-hydroxylation sites is 1. The molecule has 1 aliphatic rings. The number of nitrogens with zero attached hydrogens (tertiary/aromatic N) is 3. The molecule has 0 unspecified atom stereocenters. The van der Waals surface area contributed by atoms with Crippen LogP contribution in [0.5, 0.6) is 0 Å². The van der Waals surface area contributed by atoms with Gasteiger partial charge in [0.05, 0.1) is 11.2 Å². The van der Waals surface area contributed by atoms with E-state index >= 15 is 0 Å². The maximum absolute atomic E-state index is 12.3. The summed E-state index contributed by atoms with van der Waals surface area (Å²) in [7, 11) is 0. The molecule has 0 saturated carbocycles. The van der Waals surface area contributed by atoms with Gasteiger partial charge in [0.15, 0.2) is 0 Å². The standard InChI is InChI=1S/C15H19N3O/c1-12-13-7-3-4-8-14(13)18(16-12)11-15(19)17-9-5-2-6-10-17/h3-4,7-8H,2,5-6,9-11H2,1H3. The van der Waals surface area contributed by atoms with Crippen LogP contribution in [0.3, 0.4) is 0 Å². The molecule has 0 atom stereocenters. The third kappa shape index (κ3) is 2.35. The smallest absolute Gasteiger partial charge is 0.244 e. The number of hydrogen-bond donors (Lipinski definition) is 0. The van der Waals surface area contributed by atoms with Gasteiger partial charge < -0.3 is 4.90 Å². The Morgan fingerprint density at radius 3 is 2.74 bits per heavy atom. The van der Waals surface area contributed by atoms with Crippen molar-refractivity contribution in [3.05, 3.63) is 30.0 Å². The number of aromatic nitrogens is 2. The summed E-state index contributed by atoms with van der Waals surface area (Å²) in [6, 6.07) is 8.08. The molecule has 1 fully saturated rings. The van der Waals surface area contributed by atoms with Gasteiger partial charge in [-0.05, 0) is 32.3 Å². The van der Waals surface area contributed by atoms with E-state index in [1.807, 2.05) is 34.7 Å². The Balaban J connectivity index is 1.83. The fraction of sp³-hybridized carbons (Fsp3) is 0.467. The summed E-state index contributed by atoms with van der Waals surface area (Å²) in [5.41, 5.74) is 2.03. The Labute approximate surface area is 113 Å². The summed E-state index contributed by atoms with van der Waals surface area (Å²) in [4.78, 5) is 14.3. The van der Waals surface area contributed by atoms with E-state index in [2.05, 4.69) is 11.2 Å². The minimum absolute atomic E-state index is 0.188. The number of rotatable bonds is 2. The molecular formula is C15H19N3O.